The molecule has 1 heterocycles. The van der Waals surface area contributed by atoms with Gasteiger partial charge in [0.1, 0.15) is 0 Å². The zero-order valence-electron chi connectivity index (χ0n) is 11.9. The van der Waals surface area contributed by atoms with Gasteiger partial charge in [-0.2, -0.15) is 0 Å². The number of primary amides is 1. The Hall–Kier alpha value is -1.92. The van der Waals surface area contributed by atoms with Gasteiger partial charge in [0.25, 0.3) is 5.91 Å². The molecule has 1 saturated heterocycles. The second-order valence-electron chi connectivity index (χ2n) is 5.31. The lowest BCUT2D eigenvalue weighted by molar-refractivity contribution is -0.135. The smallest absolute Gasteiger partial charge is 0.261 e. The van der Waals surface area contributed by atoms with Gasteiger partial charge in [-0.3, -0.25) is 19.7 Å². The predicted octanol–water partition coefficient (Wildman–Crippen LogP) is 0.688. The summed E-state index contributed by atoms with van der Waals surface area (Å²) >= 11 is 0. The highest BCUT2D eigenvalue weighted by molar-refractivity contribution is 5.94. The largest absolute Gasteiger partial charge is 0.366 e. The van der Waals surface area contributed by atoms with Gasteiger partial charge in [0.05, 0.1) is 6.04 Å². The first-order valence-corrected chi connectivity index (χ1v) is 7.19. The van der Waals surface area contributed by atoms with E-state index >= 15 is 0 Å². The summed E-state index contributed by atoms with van der Waals surface area (Å²) in [6, 6.07) is 6.51. The van der Waals surface area contributed by atoms with Gasteiger partial charge in [0.15, 0.2) is 0 Å². The average molecular weight is 291 g/mol. The number of hydrogen-bond acceptors (Lipinski definition) is 4. The van der Waals surface area contributed by atoms with Crippen molar-refractivity contribution in [2.45, 2.75) is 31.7 Å². The summed E-state index contributed by atoms with van der Waals surface area (Å²) < 4.78 is 0. The van der Waals surface area contributed by atoms with Crippen molar-refractivity contribution < 1.29 is 14.8 Å². The molecular weight excluding hydrogens is 270 g/mol. The van der Waals surface area contributed by atoms with Crippen LogP contribution in [0, 0.1) is 0 Å². The van der Waals surface area contributed by atoms with Crippen LogP contribution < -0.4 is 11.2 Å². The number of carbonyl (C=O) groups is 2. The van der Waals surface area contributed by atoms with E-state index < -0.39 is 17.9 Å². The zero-order chi connectivity index (χ0) is 15.2. The van der Waals surface area contributed by atoms with Crippen LogP contribution in [-0.4, -0.2) is 41.1 Å². The fourth-order valence-corrected chi connectivity index (χ4v) is 2.84. The average Bonchev–Trinajstić information content (AvgIpc) is 2.53. The van der Waals surface area contributed by atoms with Crippen LogP contribution in [0.3, 0.4) is 0 Å². The molecule has 0 saturated carbocycles. The van der Waals surface area contributed by atoms with Gasteiger partial charge in [-0.25, -0.2) is 5.48 Å². The number of piperidine rings is 1. The SMILES string of the molecule is NC(=O)c1ccccc1C[C@@H](C(=O)NO)N1CCCCC1. The van der Waals surface area contributed by atoms with E-state index in [0.29, 0.717) is 12.0 Å². The van der Waals surface area contributed by atoms with Crippen LogP contribution in [-0.2, 0) is 11.2 Å². The van der Waals surface area contributed by atoms with Crippen LogP contribution in [0.1, 0.15) is 35.2 Å². The van der Waals surface area contributed by atoms with Crippen molar-refractivity contribution in [2.24, 2.45) is 5.73 Å². The molecule has 1 aromatic carbocycles. The van der Waals surface area contributed by atoms with Gasteiger partial charge in [0, 0.05) is 5.56 Å². The van der Waals surface area contributed by atoms with Gasteiger partial charge in [-0.05, 0) is 44.0 Å². The fourth-order valence-electron chi connectivity index (χ4n) is 2.84. The molecule has 6 nitrogen and oxygen atoms in total. The van der Waals surface area contributed by atoms with Crippen molar-refractivity contribution in [1.29, 1.82) is 0 Å². The van der Waals surface area contributed by atoms with Crippen molar-refractivity contribution >= 4 is 11.8 Å². The summed E-state index contributed by atoms with van der Waals surface area (Å²) in [5, 5.41) is 8.97. The molecule has 21 heavy (non-hydrogen) atoms. The number of benzene rings is 1. The number of carbonyl (C=O) groups excluding carboxylic acids is 2. The third-order valence-electron chi connectivity index (χ3n) is 3.94. The number of hydrogen-bond donors (Lipinski definition) is 3. The predicted molar refractivity (Wildman–Crippen MR) is 77.8 cm³/mol. The summed E-state index contributed by atoms with van der Waals surface area (Å²) in [5.41, 5.74) is 8.26. The standard InChI is InChI=1S/C15H21N3O3/c16-14(19)12-7-3-2-6-11(12)10-13(15(20)17-21)18-8-4-1-5-9-18/h2-3,6-7,13,21H,1,4-5,8-10H2,(H2,16,19)(H,17,20)/t13-/m0/s1. The Balaban J connectivity index is 2.22. The number of nitrogens with one attached hydrogen (secondary N) is 1. The van der Waals surface area contributed by atoms with E-state index in [1.807, 2.05) is 11.0 Å². The van der Waals surface area contributed by atoms with E-state index in [0.717, 1.165) is 37.9 Å². The van der Waals surface area contributed by atoms with E-state index in [9.17, 15) is 9.59 Å². The van der Waals surface area contributed by atoms with Crippen LogP contribution in [0.2, 0.25) is 0 Å². The molecular formula is C15H21N3O3. The van der Waals surface area contributed by atoms with Crippen LogP contribution in [0.5, 0.6) is 0 Å². The summed E-state index contributed by atoms with van der Waals surface area (Å²) in [4.78, 5) is 25.5. The molecule has 0 spiro atoms. The van der Waals surface area contributed by atoms with Crippen molar-refractivity contribution in [1.82, 2.24) is 10.4 Å². The second kappa shape index (κ2) is 7.19. The Labute approximate surface area is 123 Å². The lowest BCUT2D eigenvalue weighted by atomic mass is 9.97. The summed E-state index contributed by atoms with van der Waals surface area (Å²) in [6.45, 7) is 1.63. The second-order valence-corrected chi connectivity index (χ2v) is 5.31. The number of nitrogens with zero attached hydrogens (tertiary/aromatic N) is 1. The number of hydroxylamine groups is 1. The molecule has 0 aliphatic carbocycles. The Morgan fingerprint density at radius 2 is 1.90 bits per heavy atom. The van der Waals surface area contributed by atoms with Gasteiger partial charge in [-0.1, -0.05) is 24.6 Å². The monoisotopic (exact) mass is 291 g/mol. The minimum atomic E-state index is -0.507. The molecule has 0 aromatic heterocycles. The molecule has 2 rings (SSSR count). The first kappa shape index (κ1) is 15.5. The Kier molecular flexibility index (Phi) is 5.30. The van der Waals surface area contributed by atoms with Gasteiger partial charge < -0.3 is 5.73 Å². The molecule has 1 aromatic rings. The minimum absolute atomic E-state index is 0.353. The van der Waals surface area contributed by atoms with Crippen LogP contribution in [0.25, 0.3) is 0 Å². The molecule has 0 unspecified atom stereocenters. The van der Waals surface area contributed by atoms with Crippen LogP contribution >= 0.6 is 0 Å². The van der Waals surface area contributed by atoms with Crippen molar-refractivity contribution in [3.05, 3.63) is 35.4 Å². The molecule has 1 aliphatic heterocycles. The lowest BCUT2D eigenvalue weighted by Gasteiger charge is -2.33. The maximum atomic E-state index is 12.0. The van der Waals surface area contributed by atoms with E-state index in [1.54, 1.807) is 23.7 Å². The number of rotatable bonds is 5. The van der Waals surface area contributed by atoms with E-state index in [4.69, 9.17) is 10.9 Å². The van der Waals surface area contributed by atoms with Crippen LogP contribution in [0.15, 0.2) is 24.3 Å². The Morgan fingerprint density at radius 3 is 2.52 bits per heavy atom. The number of nitrogens with two attached hydrogens (primary N) is 1. The Bertz CT molecular complexity index is 513. The Morgan fingerprint density at radius 1 is 1.24 bits per heavy atom. The van der Waals surface area contributed by atoms with E-state index in [-0.39, 0.29) is 0 Å². The van der Waals surface area contributed by atoms with Crippen LogP contribution in [0.4, 0.5) is 0 Å². The molecule has 0 radical (unpaired) electrons. The zero-order valence-corrected chi connectivity index (χ0v) is 11.9. The lowest BCUT2D eigenvalue weighted by Crippen LogP contribution is -2.49. The quantitative estimate of drug-likeness (QED) is 0.549. The van der Waals surface area contributed by atoms with Gasteiger partial charge >= 0.3 is 0 Å². The van der Waals surface area contributed by atoms with Crippen molar-refractivity contribution in [2.75, 3.05) is 13.1 Å². The molecule has 6 heteroatoms. The molecule has 1 atom stereocenters. The number of likely N-dealkylation sites (tertiary alicyclic amines) is 1. The maximum Gasteiger partial charge on any atom is 0.261 e. The molecule has 2 amide bonds. The first-order valence-electron chi connectivity index (χ1n) is 7.19. The van der Waals surface area contributed by atoms with E-state index in [1.165, 1.54) is 0 Å². The topological polar surface area (TPSA) is 95.7 Å². The van der Waals surface area contributed by atoms with Gasteiger partial charge in [0.2, 0.25) is 5.91 Å². The molecule has 1 aliphatic rings. The summed E-state index contributed by atoms with van der Waals surface area (Å²) in [6.07, 6.45) is 3.58. The third kappa shape index (κ3) is 3.80. The normalized spacial score (nSPS) is 17.2. The minimum Gasteiger partial charge on any atom is -0.366 e. The highest BCUT2D eigenvalue weighted by Crippen LogP contribution is 2.18. The molecule has 4 N–H and O–H groups in total. The molecule has 1 fully saturated rings. The molecule has 0 bridgehead atoms. The van der Waals surface area contributed by atoms with Crippen molar-refractivity contribution in [3.63, 3.8) is 0 Å². The fraction of sp³-hybridized carbons (Fsp3) is 0.467. The molecule has 114 valence electrons. The first-order chi connectivity index (χ1) is 10.1. The van der Waals surface area contributed by atoms with Crippen molar-refractivity contribution in [3.8, 4) is 0 Å². The highest BCUT2D eigenvalue weighted by atomic mass is 16.5. The van der Waals surface area contributed by atoms with Gasteiger partial charge in [-0.15, -0.1) is 0 Å². The maximum absolute atomic E-state index is 12.0. The summed E-state index contributed by atoms with van der Waals surface area (Å²) in [7, 11) is 0. The number of amides is 2. The highest BCUT2D eigenvalue weighted by Gasteiger charge is 2.28. The third-order valence-corrected chi connectivity index (χ3v) is 3.94. The van der Waals surface area contributed by atoms with E-state index in [2.05, 4.69) is 0 Å². The summed E-state index contributed by atoms with van der Waals surface area (Å²) in [5.74, 6) is -0.955.